The van der Waals surface area contributed by atoms with Crippen LogP contribution in [-0.2, 0) is 21.9 Å². The second kappa shape index (κ2) is 4.71. The van der Waals surface area contributed by atoms with Crippen LogP contribution in [0.15, 0.2) is 17.2 Å². The SMILES string of the molecule is Cn1cc(S(=O)(=O)NOC(C)(C)C)cc1C(N)=O. The highest BCUT2D eigenvalue weighted by Gasteiger charge is 2.22. The molecule has 102 valence electrons. The molecule has 0 unspecified atom stereocenters. The van der Waals surface area contributed by atoms with Crippen molar-refractivity contribution in [3.05, 3.63) is 18.0 Å². The number of aryl methyl sites for hydroxylation is 1. The van der Waals surface area contributed by atoms with Crippen molar-refractivity contribution in [1.29, 1.82) is 0 Å². The van der Waals surface area contributed by atoms with E-state index in [1.807, 2.05) is 4.89 Å². The van der Waals surface area contributed by atoms with Crippen LogP contribution in [0, 0.1) is 0 Å². The molecule has 0 saturated carbocycles. The van der Waals surface area contributed by atoms with Crippen LogP contribution in [0.4, 0.5) is 0 Å². The Morgan fingerprint density at radius 3 is 2.39 bits per heavy atom. The summed E-state index contributed by atoms with van der Waals surface area (Å²) in [6.45, 7) is 5.11. The smallest absolute Gasteiger partial charge is 0.265 e. The fraction of sp³-hybridized carbons (Fsp3) is 0.500. The van der Waals surface area contributed by atoms with Crippen LogP contribution in [0.5, 0.6) is 0 Å². The van der Waals surface area contributed by atoms with Gasteiger partial charge >= 0.3 is 0 Å². The number of nitrogens with one attached hydrogen (secondary N) is 1. The summed E-state index contributed by atoms with van der Waals surface area (Å²) in [5.41, 5.74) is 4.55. The lowest BCUT2D eigenvalue weighted by atomic mass is 10.2. The van der Waals surface area contributed by atoms with Crippen LogP contribution in [-0.4, -0.2) is 24.5 Å². The zero-order chi connectivity index (χ0) is 14.1. The molecule has 7 nitrogen and oxygen atoms in total. The average molecular weight is 275 g/mol. The number of nitrogens with zero attached hydrogens (tertiary/aromatic N) is 1. The van der Waals surface area contributed by atoms with Gasteiger partial charge in [-0.25, -0.2) is 8.42 Å². The van der Waals surface area contributed by atoms with Crippen molar-refractivity contribution in [2.24, 2.45) is 12.8 Å². The van der Waals surface area contributed by atoms with Crippen molar-refractivity contribution in [2.45, 2.75) is 31.3 Å². The summed E-state index contributed by atoms with van der Waals surface area (Å²) >= 11 is 0. The second-order valence-electron chi connectivity index (χ2n) is 4.84. The minimum atomic E-state index is -3.83. The van der Waals surface area contributed by atoms with Gasteiger partial charge in [0.1, 0.15) is 10.6 Å². The van der Waals surface area contributed by atoms with Gasteiger partial charge in [0.25, 0.3) is 15.9 Å². The Balaban J connectivity index is 2.99. The number of primary amides is 1. The van der Waals surface area contributed by atoms with E-state index in [-0.39, 0.29) is 10.6 Å². The fourth-order valence-corrected chi connectivity index (χ4v) is 2.17. The Labute approximate surface area is 106 Å². The van der Waals surface area contributed by atoms with Gasteiger partial charge in [0.15, 0.2) is 0 Å². The Bertz CT molecular complexity index is 554. The standard InChI is InChI=1S/C10H17N3O4S/c1-10(2,3)17-12-18(15,16)7-5-8(9(11)14)13(4)6-7/h5-6,12H,1-4H3,(H2,11,14). The summed E-state index contributed by atoms with van der Waals surface area (Å²) in [5, 5.41) is 0. The average Bonchev–Trinajstić information content (AvgIpc) is 2.57. The molecule has 18 heavy (non-hydrogen) atoms. The van der Waals surface area contributed by atoms with Crippen LogP contribution in [0.3, 0.4) is 0 Å². The molecule has 3 N–H and O–H groups in total. The highest BCUT2D eigenvalue weighted by atomic mass is 32.2. The third kappa shape index (κ3) is 3.56. The Morgan fingerprint density at radius 1 is 1.44 bits per heavy atom. The molecule has 1 amide bonds. The molecule has 0 aliphatic heterocycles. The number of amides is 1. The molecule has 0 fully saturated rings. The first-order chi connectivity index (χ1) is 8.03. The van der Waals surface area contributed by atoms with Gasteiger partial charge in [-0.15, -0.1) is 0 Å². The molecule has 0 atom stereocenters. The number of nitrogens with two attached hydrogens (primary N) is 1. The summed E-state index contributed by atoms with van der Waals surface area (Å²) in [6.07, 6.45) is 1.29. The zero-order valence-electron chi connectivity index (χ0n) is 10.7. The monoisotopic (exact) mass is 275 g/mol. The van der Waals surface area contributed by atoms with E-state index in [9.17, 15) is 13.2 Å². The number of hydrogen-bond donors (Lipinski definition) is 2. The van der Waals surface area contributed by atoms with Crippen LogP contribution in [0.25, 0.3) is 0 Å². The van der Waals surface area contributed by atoms with Gasteiger partial charge in [-0.3, -0.25) is 9.63 Å². The van der Waals surface area contributed by atoms with Gasteiger partial charge in [0, 0.05) is 13.2 Å². The fourth-order valence-electron chi connectivity index (χ4n) is 1.15. The van der Waals surface area contributed by atoms with Crippen LogP contribution in [0.2, 0.25) is 0 Å². The van der Waals surface area contributed by atoms with Crippen molar-refractivity contribution >= 4 is 15.9 Å². The predicted molar refractivity (Wildman–Crippen MR) is 65.1 cm³/mol. The largest absolute Gasteiger partial charge is 0.364 e. The topological polar surface area (TPSA) is 103 Å². The van der Waals surface area contributed by atoms with Gasteiger partial charge in [-0.2, -0.15) is 0 Å². The van der Waals surface area contributed by atoms with Crippen molar-refractivity contribution in [2.75, 3.05) is 0 Å². The quantitative estimate of drug-likeness (QED) is 0.762. The summed E-state index contributed by atoms with van der Waals surface area (Å²) in [5.74, 6) is -0.698. The summed E-state index contributed by atoms with van der Waals surface area (Å²) in [6, 6.07) is 1.19. The minimum absolute atomic E-state index is 0.0805. The van der Waals surface area contributed by atoms with Crippen LogP contribution >= 0.6 is 0 Å². The number of aromatic nitrogens is 1. The maximum Gasteiger partial charge on any atom is 0.265 e. The summed E-state index contributed by atoms with van der Waals surface area (Å²) < 4.78 is 25.1. The molecule has 0 bridgehead atoms. The first-order valence-electron chi connectivity index (χ1n) is 5.19. The van der Waals surface area contributed by atoms with E-state index in [1.54, 1.807) is 20.8 Å². The van der Waals surface area contributed by atoms with E-state index >= 15 is 0 Å². The third-order valence-corrected chi connectivity index (χ3v) is 3.15. The molecule has 1 aromatic rings. The number of sulfonamides is 1. The van der Waals surface area contributed by atoms with E-state index in [1.165, 1.54) is 23.9 Å². The molecule has 1 rings (SSSR count). The molecule has 0 aromatic carbocycles. The van der Waals surface area contributed by atoms with E-state index in [2.05, 4.69) is 0 Å². The lowest BCUT2D eigenvalue weighted by molar-refractivity contribution is -0.0357. The third-order valence-electron chi connectivity index (χ3n) is 2.00. The molecular weight excluding hydrogens is 258 g/mol. The highest BCUT2D eigenvalue weighted by molar-refractivity contribution is 7.89. The molecule has 0 radical (unpaired) electrons. The van der Waals surface area contributed by atoms with Crippen molar-refractivity contribution in [1.82, 2.24) is 9.45 Å². The normalized spacial score (nSPS) is 12.7. The van der Waals surface area contributed by atoms with Gasteiger partial charge < -0.3 is 10.3 Å². The predicted octanol–water partition coefficient (Wildman–Crippen LogP) is 0.132. The highest BCUT2D eigenvalue weighted by Crippen LogP contribution is 2.14. The maximum absolute atomic E-state index is 11.9. The molecule has 1 aromatic heterocycles. The lowest BCUT2D eigenvalue weighted by Crippen LogP contribution is -2.33. The first kappa shape index (κ1) is 14.7. The van der Waals surface area contributed by atoms with E-state index in [4.69, 9.17) is 10.6 Å². The second-order valence-corrected chi connectivity index (χ2v) is 6.48. The van der Waals surface area contributed by atoms with E-state index < -0.39 is 21.5 Å². The molecule has 0 aliphatic rings. The number of hydrogen-bond acceptors (Lipinski definition) is 4. The van der Waals surface area contributed by atoms with Crippen LogP contribution < -0.4 is 10.6 Å². The number of carbonyl (C=O) groups excluding carboxylic acids is 1. The lowest BCUT2D eigenvalue weighted by Gasteiger charge is -2.18. The van der Waals surface area contributed by atoms with Crippen molar-refractivity contribution in [3.63, 3.8) is 0 Å². The summed E-state index contributed by atoms with van der Waals surface area (Å²) in [7, 11) is -2.30. The number of rotatable bonds is 4. The van der Waals surface area contributed by atoms with Gasteiger partial charge in [0.05, 0.1) is 5.60 Å². The molecule has 0 aliphatic carbocycles. The Morgan fingerprint density at radius 2 is 2.00 bits per heavy atom. The van der Waals surface area contributed by atoms with Gasteiger partial charge in [-0.1, -0.05) is 4.89 Å². The van der Waals surface area contributed by atoms with Crippen LogP contribution in [0.1, 0.15) is 31.3 Å². The Hall–Kier alpha value is -1.38. The Kier molecular flexibility index (Phi) is 3.84. The van der Waals surface area contributed by atoms with Crippen molar-refractivity contribution in [3.8, 4) is 0 Å². The van der Waals surface area contributed by atoms with E-state index in [0.717, 1.165) is 0 Å². The van der Waals surface area contributed by atoms with E-state index in [0.29, 0.717) is 0 Å². The molecule has 1 heterocycles. The maximum atomic E-state index is 11.9. The zero-order valence-corrected chi connectivity index (χ0v) is 11.5. The van der Waals surface area contributed by atoms with Crippen molar-refractivity contribution < 1.29 is 18.0 Å². The molecule has 0 saturated heterocycles. The molecular formula is C10H17N3O4S. The molecule has 8 heteroatoms. The number of carbonyl (C=O) groups is 1. The van der Waals surface area contributed by atoms with Gasteiger partial charge in [0.2, 0.25) is 0 Å². The molecule has 0 spiro atoms. The summed E-state index contributed by atoms with van der Waals surface area (Å²) in [4.78, 5) is 17.9. The van der Waals surface area contributed by atoms with Gasteiger partial charge in [-0.05, 0) is 26.8 Å². The first-order valence-corrected chi connectivity index (χ1v) is 6.67. The minimum Gasteiger partial charge on any atom is -0.364 e.